The number of nitrogens with one attached hydrogen (secondary N) is 1. The van der Waals surface area contributed by atoms with Crippen molar-refractivity contribution in [1.82, 2.24) is 15.3 Å². The Balaban J connectivity index is 2.82. The van der Waals surface area contributed by atoms with Crippen LogP contribution in [0.4, 0.5) is 0 Å². The molecule has 3 heteroatoms. The summed E-state index contributed by atoms with van der Waals surface area (Å²) >= 11 is 0. The number of nitrogens with zero attached hydrogens (tertiary/aromatic N) is 2. The fourth-order valence-corrected chi connectivity index (χ4v) is 1.66. The number of hydrogen-bond donors (Lipinski definition) is 1. The SMILES string of the molecule is CNC(Cc1nc(C)cnc1C)C(C)C. The Bertz CT molecular complexity index is 321. The van der Waals surface area contributed by atoms with Gasteiger partial charge in [0.25, 0.3) is 0 Å². The molecule has 0 aliphatic carbocycles. The van der Waals surface area contributed by atoms with E-state index in [1.54, 1.807) is 0 Å². The Hall–Kier alpha value is -0.960. The first kappa shape index (κ1) is 12.1. The van der Waals surface area contributed by atoms with E-state index in [0.717, 1.165) is 23.5 Å². The van der Waals surface area contributed by atoms with Crippen molar-refractivity contribution in [2.24, 2.45) is 5.92 Å². The van der Waals surface area contributed by atoms with Crippen LogP contribution in [-0.2, 0) is 6.42 Å². The summed E-state index contributed by atoms with van der Waals surface area (Å²) in [6.45, 7) is 8.45. The highest BCUT2D eigenvalue weighted by molar-refractivity contribution is 5.13. The second-order valence-electron chi connectivity index (χ2n) is 4.39. The number of hydrogen-bond acceptors (Lipinski definition) is 3. The Labute approximate surface area is 92.3 Å². The Morgan fingerprint density at radius 1 is 1.33 bits per heavy atom. The largest absolute Gasteiger partial charge is 0.316 e. The number of aromatic nitrogens is 2. The third-order valence-electron chi connectivity index (χ3n) is 2.76. The van der Waals surface area contributed by atoms with Crippen LogP contribution in [0.25, 0.3) is 0 Å². The Kier molecular flexibility index (Phi) is 4.21. The highest BCUT2D eigenvalue weighted by atomic mass is 14.9. The summed E-state index contributed by atoms with van der Waals surface area (Å²) in [5.74, 6) is 0.608. The molecule has 3 nitrogen and oxygen atoms in total. The molecule has 1 unspecified atom stereocenters. The van der Waals surface area contributed by atoms with Crippen molar-refractivity contribution < 1.29 is 0 Å². The third kappa shape index (κ3) is 3.27. The molecule has 0 radical (unpaired) electrons. The monoisotopic (exact) mass is 207 g/mol. The molecule has 1 heterocycles. The molecule has 0 aromatic carbocycles. The molecule has 84 valence electrons. The molecule has 0 aliphatic heterocycles. The maximum absolute atomic E-state index is 4.54. The van der Waals surface area contributed by atoms with Gasteiger partial charge in [0.1, 0.15) is 0 Å². The number of aryl methyl sites for hydroxylation is 2. The minimum Gasteiger partial charge on any atom is -0.316 e. The molecule has 0 saturated carbocycles. The average Bonchev–Trinajstić information content (AvgIpc) is 2.18. The normalized spacial score (nSPS) is 13.2. The van der Waals surface area contributed by atoms with Crippen LogP contribution >= 0.6 is 0 Å². The molecule has 1 N–H and O–H groups in total. The molecule has 0 saturated heterocycles. The quantitative estimate of drug-likeness (QED) is 0.819. The predicted octanol–water partition coefficient (Wildman–Crippen LogP) is 1.88. The number of likely N-dealkylation sites (N-methyl/N-ethyl adjacent to an activating group) is 1. The summed E-state index contributed by atoms with van der Waals surface area (Å²) in [6, 6.07) is 0.472. The molecule has 1 atom stereocenters. The zero-order valence-electron chi connectivity index (χ0n) is 10.3. The summed E-state index contributed by atoms with van der Waals surface area (Å²) < 4.78 is 0. The second kappa shape index (κ2) is 5.21. The molecule has 1 aromatic rings. The van der Waals surface area contributed by atoms with Crippen molar-refractivity contribution in [2.45, 2.75) is 40.2 Å². The van der Waals surface area contributed by atoms with Crippen molar-refractivity contribution >= 4 is 0 Å². The summed E-state index contributed by atoms with van der Waals surface area (Å²) in [5.41, 5.74) is 3.15. The molecular formula is C12H21N3. The van der Waals surface area contributed by atoms with Gasteiger partial charge in [-0.25, -0.2) is 0 Å². The van der Waals surface area contributed by atoms with Crippen LogP contribution < -0.4 is 5.32 Å². The van der Waals surface area contributed by atoms with Crippen molar-refractivity contribution in [1.29, 1.82) is 0 Å². The Morgan fingerprint density at radius 2 is 2.00 bits per heavy atom. The Morgan fingerprint density at radius 3 is 2.53 bits per heavy atom. The molecule has 0 aliphatic rings. The van der Waals surface area contributed by atoms with Crippen LogP contribution in [0.5, 0.6) is 0 Å². The zero-order valence-corrected chi connectivity index (χ0v) is 10.3. The minimum absolute atomic E-state index is 0.472. The van der Waals surface area contributed by atoms with Crippen molar-refractivity contribution in [3.8, 4) is 0 Å². The van der Waals surface area contributed by atoms with Crippen molar-refractivity contribution in [3.05, 3.63) is 23.3 Å². The van der Waals surface area contributed by atoms with Gasteiger partial charge in [0.05, 0.1) is 17.1 Å². The van der Waals surface area contributed by atoms with E-state index in [1.165, 1.54) is 0 Å². The molecule has 0 spiro atoms. The maximum atomic E-state index is 4.54. The smallest absolute Gasteiger partial charge is 0.0634 e. The van der Waals surface area contributed by atoms with E-state index in [2.05, 4.69) is 29.1 Å². The zero-order chi connectivity index (χ0) is 11.4. The summed E-state index contributed by atoms with van der Waals surface area (Å²) in [4.78, 5) is 8.88. The van der Waals surface area contributed by atoms with Crippen LogP contribution in [0, 0.1) is 19.8 Å². The van der Waals surface area contributed by atoms with Crippen LogP contribution in [0.2, 0.25) is 0 Å². The fraction of sp³-hybridized carbons (Fsp3) is 0.667. The van der Waals surface area contributed by atoms with E-state index < -0.39 is 0 Å². The number of rotatable bonds is 4. The first-order chi connectivity index (χ1) is 7.04. The van der Waals surface area contributed by atoms with Gasteiger partial charge in [-0.2, -0.15) is 0 Å². The minimum atomic E-state index is 0.472. The standard InChI is InChI=1S/C12H21N3/c1-8(2)11(13-5)6-12-10(4)14-7-9(3)15-12/h7-8,11,13H,6H2,1-5H3. The second-order valence-corrected chi connectivity index (χ2v) is 4.39. The molecule has 0 fully saturated rings. The first-order valence-corrected chi connectivity index (χ1v) is 5.51. The fourth-order valence-electron chi connectivity index (χ4n) is 1.66. The highest BCUT2D eigenvalue weighted by Crippen LogP contribution is 2.10. The molecule has 1 rings (SSSR count). The lowest BCUT2D eigenvalue weighted by atomic mass is 9.98. The van der Waals surface area contributed by atoms with Gasteiger partial charge in [0, 0.05) is 18.7 Å². The van der Waals surface area contributed by atoms with E-state index >= 15 is 0 Å². The van der Waals surface area contributed by atoms with Gasteiger partial charge in [0.15, 0.2) is 0 Å². The van der Waals surface area contributed by atoms with Gasteiger partial charge in [0.2, 0.25) is 0 Å². The van der Waals surface area contributed by atoms with E-state index in [9.17, 15) is 0 Å². The van der Waals surface area contributed by atoms with E-state index in [-0.39, 0.29) is 0 Å². The van der Waals surface area contributed by atoms with Crippen molar-refractivity contribution in [3.63, 3.8) is 0 Å². The summed E-state index contributed by atoms with van der Waals surface area (Å²) in [7, 11) is 2.00. The topological polar surface area (TPSA) is 37.8 Å². The van der Waals surface area contributed by atoms with Gasteiger partial charge < -0.3 is 5.32 Å². The molecular weight excluding hydrogens is 186 g/mol. The van der Waals surface area contributed by atoms with Gasteiger partial charge in [-0.15, -0.1) is 0 Å². The molecule has 0 bridgehead atoms. The van der Waals surface area contributed by atoms with Crippen LogP contribution in [-0.4, -0.2) is 23.1 Å². The highest BCUT2D eigenvalue weighted by Gasteiger charge is 2.14. The maximum Gasteiger partial charge on any atom is 0.0634 e. The molecule has 0 amide bonds. The van der Waals surface area contributed by atoms with Crippen LogP contribution in [0.15, 0.2) is 6.20 Å². The lowest BCUT2D eigenvalue weighted by Crippen LogP contribution is -2.33. The summed E-state index contributed by atoms with van der Waals surface area (Å²) in [6.07, 6.45) is 2.78. The molecule has 15 heavy (non-hydrogen) atoms. The summed E-state index contributed by atoms with van der Waals surface area (Å²) in [5, 5.41) is 3.33. The molecule has 1 aromatic heterocycles. The predicted molar refractivity (Wildman–Crippen MR) is 62.9 cm³/mol. The average molecular weight is 207 g/mol. The van der Waals surface area contributed by atoms with E-state index in [0.29, 0.717) is 12.0 Å². The van der Waals surface area contributed by atoms with Gasteiger partial charge in [-0.3, -0.25) is 9.97 Å². The van der Waals surface area contributed by atoms with Crippen LogP contribution in [0.3, 0.4) is 0 Å². The van der Waals surface area contributed by atoms with E-state index in [1.807, 2.05) is 27.1 Å². The lowest BCUT2D eigenvalue weighted by Gasteiger charge is -2.20. The van der Waals surface area contributed by atoms with E-state index in [4.69, 9.17) is 0 Å². The van der Waals surface area contributed by atoms with Crippen molar-refractivity contribution in [2.75, 3.05) is 7.05 Å². The van der Waals surface area contributed by atoms with Gasteiger partial charge in [-0.05, 0) is 26.8 Å². The van der Waals surface area contributed by atoms with Crippen LogP contribution in [0.1, 0.15) is 30.9 Å². The first-order valence-electron chi connectivity index (χ1n) is 5.51. The third-order valence-corrected chi connectivity index (χ3v) is 2.76. The van der Waals surface area contributed by atoms with Gasteiger partial charge in [-0.1, -0.05) is 13.8 Å². The van der Waals surface area contributed by atoms with Gasteiger partial charge >= 0.3 is 0 Å². The lowest BCUT2D eigenvalue weighted by molar-refractivity contribution is 0.420.